The number of carbonyl (C=O) groups excluding carboxylic acids is 2. The summed E-state index contributed by atoms with van der Waals surface area (Å²) in [4.78, 5) is 38.5. The number of nitrogens with zero attached hydrogens (tertiary/aromatic N) is 4. The Bertz CT molecular complexity index is 793. The van der Waals surface area contributed by atoms with Gasteiger partial charge in [0.15, 0.2) is 0 Å². The minimum atomic E-state index is -0.284. The fourth-order valence-electron chi connectivity index (χ4n) is 2.92. The van der Waals surface area contributed by atoms with Crippen molar-refractivity contribution in [3.05, 3.63) is 48.0 Å². The van der Waals surface area contributed by atoms with Crippen LogP contribution in [0.3, 0.4) is 0 Å². The molecule has 0 spiro atoms. The van der Waals surface area contributed by atoms with Crippen molar-refractivity contribution in [3.63, 3.8) is 0 Å². The van der Waals surface area contributed by atoms with Gasteiger partial charge in [0.2, 0.25) is 5.95 Å². The molecule has 28 heavy (non-hydrogen) atoms. The van der Waals surface area contributed by atoms with Gasteiger partial charge in [-0.2, -0.15) is 0 Å². The number of anilines is 1. The van der Waals surface area contributed by atoms with Gasteiger partial charge in [0, 0.05) is 31.5 Å². The molecule has 1 saturated heterocycles. The maximum atomic E-state index is 12.3. The molecule has 148 valence electrons. The molecule has 2 aromatic heterocycles. The summed E-state index contributed by atoms with van der Waals surface area (Å²) in [5.41, 5.74) is 1.06. The number of nitrogens with one attached hydrogen (secondary N) is 2. The summed E-state index contributed by atoms with van der Waals surface area (Å²) in [6.45, 7) is 3.73. The number of aromatic nitrogens is 3. The van der Waals surface area contributed by atoms with Crippen LogP contribution in [-0.2, 0) is 11.3 Å². The Balaban J connectivity index is 1.51. The number of piperidine rings is 1. The minimum Gasteiger partial charge on any atom is -0.450 e. The van der Waals surface area contributed by atoms with Gasteiger partial charge in [-0.05, 0) is 38.0 Å². The topological polar surface area (TPSA) is 109 Å². The zero-order chi connectivity index (χ0) is 19.8. The summed E-state index contributed by atoms with van der Waals surface area (Å²) in [5.74, 6) is 0.119. The van der Waals surface area contributed by atoms with E-state index in [0.717, 1.165) is 18.5 Å². The lowest BCUT2D eigenvalue weighted by atomic mass is 10.1. The number of amides is 2. The third-order valence-corrected chi connectivity index (χ3v) is 4.40. The van der Waals surface area contributed by atoms with Gasteiger partial charge in [-0.25, -0.2) is 14.8 Å². The highest BCUT2D eigenvalue weighted by atomic mass is 16.6. The Morgan fingerprint density at radius 1 is 1.18 bits per heavy atom. The summed E-state index contributed by atoms with van der Waals surface area (Å²) in [5, 5.41) is 6.05. The molecule has 0 atom stereocenters. The van der Waals surface area contributed by atoms with Gasteiger partial charge in [-0.3, -0.25) is 9.78 Å². The van der Waals surface area contributed by atoms with Crippen LogP contribution < -0.4 is 10.6 Å². The third kappa shape index (κ3) is 5.38. The molecule has 0 radical (unpaired) electrons. The van der Waals surface area contributed by atoms with E-state index in [0.29, 0.717) is 32.2 Å². The average Bonchev–Trinajstić information content (AvgIpc) is 2.73. The lowest BCUT2D eigenvalue weighted by Crippen LogP contribution is -2.42. The third-order valence-electron chi connectivity index (χ3n) is 4.40. The van der Waals surface area contributed by atoms with Crippen LogP contribution in [-0.4, -0.2) is 57.6 Å². The zero-order valence-corrected chi connectivity index (χ0v) is 15.8. The zero-order valence-electron chi connectivity index (χ0n) is 15.8. The maximum absolute atomic E-state index is 12.3. The highest BCUT2D eigenvalue weighted by Crippen LogP contribution is 2.15. The van der Waals surface area contributed by atoms with Gasteiger partial charge in [0.05, 0.1) is 18.8 Å². The molecule has 0 unspecified atom stereocenters. The van der Waals surface area contributed by atoms with E-state index in [1.165, 1.54) is 0 Å². The Labute approximate surface area is 163 Å². The Kier molecular flexibility index (Phi) is 6.72. The monoisotopic (exact) mass is 384 g/mol. The standard InChI is InChI=1S/C19H24N6O3/c1-2-28-19(27)25-11-7-14(8-12-25)23-18-21-10-6-16(24-18)17(26)22-13-15-5-3-4-9-20-15/h3-6,9-10,14H,2,7-8,11-13H2,1H3,(H,22,26)(H,21,23,24). The largest absolute Gasteiger partial charge is 0.450 e. The Morgan fingerprint density at radius 3 is 2.71 bits per heavy atom. The first-order chi connectivity index (χ1) is 13.7. The molecule has 2 amide bonds. The van der Waals surface area contributed by atoms with Gasteiger partial charge in [-0.15, -0.1) is 0 Å². The molecule has 3 heterocycles. The first-order valence-corrected chi connectivity index (χ1v) is 9.35. The molecule has 2 aromatic rings. The predicted molar refractivity (Wildman–Crippen MR) is 103 cm³/mol. The van der Waals surface area contributed by atoms with Gasteiger partial charge in [0.25, 0.3) is 5.91 Å². The quantitative estimate of drug-likeness (QED) is 0.782. The number of ether oxygens (including phenoxy) is 1. The number of hydrogen-bond donors (Lipinski definition) is 2. The predicted octanol–water partition coefficient (Wildman–Crippen LogP) is 1.83. The van der Waals surface area contributed by atoms with Crippen molar-refractivity contribution in [2.75, 3.05) is 25.0 Å². The van der Waals surface area contributed by atoms with Gasteiger partial charge in [0.1, 0.15) is 5.69 Å². The summed E-state index contributed by atoms with van der Waals surface area (Å²) in [6.07, 6.45) is 4.49. The van der Waals surface area contributed by atoms with Crippen LogP contribution in [0.4, 0.5) is 10.7 Å². The van der Waals surface area contributed by atoms with Crippen molar-refractivity contribution in [3.8, 4) is 0 Å². The Hall–Kier alpha value is -3.23. The summed E-state index contributed by atoms with van der Waals surface area (Å²) < 4.78 is 5.02. The highest BCUT2D eigenvalue weighted by molar-refractivity contribution is 5.92. The smallest absolute Gasteiger partial charge is 0.409 e. The van der Waals surface area contributed by atoms with E-state index in [-0.39, 0.29) is 23.7 Å². The molecule has 3 rings (SSSR count). The summed E-state index contributed by atoms with van der Waals surface area (Å²) in [7, 11) is 0. The van der Waals surface area contributed by atoms with Crippen LogP contribution in [0.5, 0.6) is 0 Å². The van der Waals surface area contributed by atoms with Crippen molar-refractivity contribution in [2.24, 2.45) is 0 Å². The fraction of sp³-hybridized carbons (Fsp3) is 0.421. The molecular formula is C19H24N6O3. The molecule has 0 aromatic carbocycles. The number of rotatable bonds is 6. The molecule has 9 heteroatoms. The van der Waals surface area contributed by atoms with Crippen LogP contribution >= 0.6 is 0 Å². The number of carbonyl (C=O) groups is 2. The second-order valence-corrected chi connectivity index (χ2v) is 6.37. The Morgan fingerprint density at radius 2 is 2.00 bits per heavy atom. The second kappa shape index (κ2) is 9.63. The van der Waals surface area contributed by atoms with Crippen LogP contribution in [0.2, 0.25) is 0 Å². The molecule has 0 aliphatic carbocycles. The molecule has 0 saturated carbocycles. The van der Waals surface area contributed by atoms with E-state index < -0.39 is 0 Å². The van der Waals surface area contributed by atoms with E-state index in [1.54, 1.807) is 30.3 Å². The molecule has 1 fully saturated rings. The minimum absolute atomic E-state index is 0.137. The van der Waals surface area contributed by atoms with Crippen LogP contribution in [0.1, 0.15) is 35.9 Å². The molecule has 0 bridgehead atoms. The van der Waals surface area contributed by atoms with E-state index in [9.17, 15) is 9.59 Å². The molecule has 2 N–H and O–H groups in total. The van der Waals surface area contributed by atoms with Crippen LogP contribution in [0, 0.1) is 0 Å². The number of hydrogen-bond acceptors (Lipinski definition) is 7. The van der Waals surface area contributed by atoms with E-state index >= 15 is 0 Å². The highest BCUT2D eigenvalue weighted by Gasteiger charge is 2.24. The molecule has 1 aliphatic heterocycles. The molecule has 1 aliphatic rings. The summed E-state index contributed by atoms with van der Waals surface area (Å²) >= 11 is 0. The van der Waals surface area contributed by atoms with Gasteiger partial charge >= 0.3 is 6.09 Å². The maximum Gasteiger partial charge on any atom is 0.409 e. The van der Waals surface area contributed by atoms with Crippen molar-refractivity contribution >= 4 is 17.9 Å². The number of pyridine rings is 1. The van der Waals surface area contributed by atoms with Crippen molar-refractivity contribution in [1.82, 2.24) is 25.2 Å². The van der Waals surface area contributed by atoms with E-state index in [1.807, 2.05) is 18.2 Å². The first-order valence-electron chi connectivity index (χ1n) is 9.35. The van der Waals surface area contributed by atoms with Crippen LogP contribution in [0.25, 0.3) is 0 Å². The first kappa shape index (κ1) is 19.5. The second-order valence-electron chi connectivity index (χ2n) is 6.37. The fourth-order valence-corrected chi connectivity index (χ4v) is 2.92. The average molecular weight is 384 g/mol. The summed E-state index contributed by atoms with van der Waals surface area (Å²) in [6, 6.07) is 7.25. The SMILES string of the molecule is CCOC(=O)N1CCC(Nc2nccc(C(=O)NCc3ccccn3)n2)CC1. The normalized spacial score (nSPS) is 14.4. The lowest BCUT2D eigenvalue weighted by Gasteiger charge is -2.31. The molecular weight excluding hydrogens is 360 g/mol. The lowest BCUT2D eigenvalue weighted by molar-refractivity contribution is 0.0942. The van der Waals surface area contributed by atoms with E-state index in [2.05, 4.69) is 25.6 Å². The van der Waals surface area contributed by atoms with Crippen molar-refractivity contribution < 1.29 is 14.3 Å². The van der Waals surface area contributed by atoms with E-state index in [4.69, 9.17) is 4.74 Å². The van der Waals surface area contributed by atoms with Crippen molar-refractivity contribution in [1.29, 1.82) is 0 Å². The van der Waals surface area contributed by atoms with Gasteiger partial charge < -0.3 is 20.3 Å². The van der Waals surface area contributed by atoms with Crippen molar-refractivity contribution in [2.45, 2.75) is 32.4 Å². The molecule has 9 nitrogen and oxygen atoms in total. The number of likely N-dealkylation sites (tertiary alicyclic amines) is 1. The van der Waals surface area contributed by atoms with Crippen LogP contribution in [0.15, 0.2) is 36.7 Å². The van der Waals surface area contributed by atoms with Gasteiger partial charge in [-0.1, -0.05) is 6.07 Å².